The molecule has 0 aromatic carbocycles. The molecule has 1 aliphatic carbocycles. The highest BCUT2D eigenvalue weighted by atomic mass is 32.2. The molecule has 3 nitrogen and oxygen atoms in total. The first-order chi connectivity index (χ1) is 8.34. The Balaban J connectivity index is 1.60. The summed E-state index contributed by atoms with van der Waals surface area (Å²) in [7, 11) is 0. The second-order valence-electron chi connectivity index (χ2n) is 4.43. The fourth-order valence-electron chi connectivity index (χ4n) is 2.08. The third-order valence-corrected chi connectivity index (χ3v) is 4.41. The summed E-state index contributed by atoms with van der Waals surface area (Å²) in [5.74, 6) is 1.49. The van der Waals surface area contributed by atoms with E-state index in [-0.39, 0.29) is 5.91 Å². The molecule has 0 saturated heterocycles. The topological polar surface area (TPSA) is 42.2 Å². The molecule has 4 heteroatoms. The van der Waals surface area contributed by atoms with Crippen LogP contribution in [0.5, 0.6) is 0 Å². The highest BCUT2D eigenvalue weighted by Gasteiger charge is 2.15. The van der Waals surface area contributed by atoms with Crippen LogP contribution in [0.2, 0.25) is 0 Å². The summed E-state index contributed by atoms with van der Waals surface area (Å²) in [5, 5.41) is 3.56. The number of carbonyl (C=O) groups is 1. The quantitative estimate of drug-likeness (QED) is 0.877. The molecule has 2 rings (SSSR count). The Kier molecular flexibility index (Phi) is 4.98. The Hall–Kier alpha value is -0.900. The lowest BCUT2D eigenvalue weighted by molar-refractivity contribution is -0.118. The summed E-state index contributed by atoms with van der Waals surface area (Å²) in [6.07, 6.45) is 8.18. The Labute approximate surface area is 106 Å². The minimum absolute atomic E-state index is 0.108. The third-order valence-electron chi connectivity index (χ3n) is 3.04. The summed E-state index contributed by atoms with van der Waals surface area (Å²) >= 11 is 1.80. The number of furan rings is 1. The second-order valence-corrected chi connectivity index (χ2v) is 5.72. The van der Waals surface area contributed by atoms with Crippen molar-refractivity contribution >= 4 is 17.7 Å². The van der Waals surface area contributed by atoms with Gasteiger partial charge in [-0.15, -0.1) is 11.8 Å². The fourth-order valence-corrected chi connectivity index (χ4v) is 3.23. The van der Waals surface area contributed by atoms with E-state index in [0.717, 1.165) is 5.76 Å². The maximum absolute atomic E-state index is 11.6. The summed E-state index contributed by atoms with van der Waals surface area (Å²) in [4.78, 5) is 11.6. The molecule has 1 aromatic heterocycles. The van der Waals surface area contributed by atoms with Crippen LogP contribution in [0.1, 0.15) is 37.9 Å². The summed E-state index contributed by atoms with van der Waals surface area (Å²) in [5.41, 5.74) is 0. The lowest BCUT2D eigenvalue weighted by atomic mass is 10.0. The standard InChI is InChI=1S/C13H19NO2S/c15-13(14-9-11-5-4-8-16-11)10-17-12-6-2-1-3-7-12/h4-5,8,12H,1-3,6-7,9-10H2,(H,14,15). The molecular weight excluding hydrogens is 234 g/mol. The maximum atomic E-state index is 11.6. The number of nitrogens with one attached hydrogen (secondary N) is 1. The average molecular weight is 253 g/mol. The van der Waals surface area contributed by atoms with Crippen LogP contribution in [0, 0.1) is 0 Å². The lowest BCUT2D eigenvalue weighted by Crippen LogP contribution is -2.25. The number of thioether (sulfide) groups is 1. The third kappa shape index (κ3) is 4.46. The molecular formula is C13H19NO2S. The molecule has 1 aromatic rings. The zero-order valence-electron chi connectivity index (χ0n) is 9.98. The molecule has 94 valence electrons. The Morgan fingerprint density at radius 3 is 2.94 bits per heavy atom. The van der Waals surface area contributed by atoms with Crippen molar-refractivity contribution in [1.29, 1.82) is 0 Å². The van der Waals surface area contributed by atoms with Crippen molar-refractivity contribution in [2.75, 3.05) is 5.75 Å². The molecule has 1 heterocycles. The smallest absolute Gasteiger partial charge is 0.230 e. The van der Waals surface area contributed by atoms with Gasteiger partial charge in [-0.05, 0) is 25.0 Å². The van der Waals surface area contributed by atoms with Crippen molar-refractivity contribution in [1.82, 2.24) is 5.32 Å². The van der Waals surface area contributed by atoms with Crippen molar-refractivity contribution in [2.24, 2.45) is 0 Å². The van der Waals surface area contributed by atoms with Gasteiger partial charge in [-0.25, -0.2) is 0 Å². The molecule has 0 atom stereocenters. The van der Waals surface area contributed by atoms with Crippen LogP contribution >= 0.6 is 11.8 Å². The van der Waals surface area contributed by atoms with Crippen LogP contribution in [0.25, 0.3) is 0 Å². The molecule has 1 saturated carbocycles. The highest BCUT2D eigenvalue weighted by molar-refractivity contribution is 8.00. The van der Waals surface area contributed by atoms with Crippen LogP contribution < -0.4 is 5.32 Å². The van der Waals surface area contributed by atoms with E-state index in [1.165, 1.54) is 32.1 Å². The Bertz CT molecular complexity index is 331. The van der Waals surface area contributed by atoms with Gasteiger partial charge in [-0.3, -0.25) is 4.79 Å². The van der Waals surface area contributed by atoms with E-state index < -0.39 is 0 Å². The van der Waals surface area contributed by atoms with Crippen LogP contribution in [0.4, 0.5) is 0 Å². The van der Waals surface area contributed by atoms with Gasteiger partial charge >= 0.3 is 0 Å². The van der Waals surface area contributed by atoms with Crippen LogP contribution in [-0.4, -0.2) is 16.9 Å². The van der Waals surface area contributed by atoms with E-state index in [1.54, 1.807) is 18.0 Å². The van der Waals surface area contributed by atoms with Gasteiger partial charge in [-0.2, -0.15) is 0 Å². The van der Waals surface area contributed by atoms with E-state index in [0.29, 0.717) is 17.5 Å². The zero-order valence-corrected chi connectivity index (χ0v) is 10.8. The Morgan fingerprint density at radius 1 is 1.41 bits per heavy atom. The van der Waals surface area contributed by atoms with Crippen molar-refractivity contribution in [3.8, 4) is 0 Å². The van der Waals surface area contributed by atoms with E-state index in [9.17, 15) is 4.79 Å². The second kappa shape index (κ2) is 6.74. The number of carbonyl (C=O) groups excluding carboxylic acids is 1. The molecule has 1 aliphatic rings. The van der Waals surface area contributed by atoms with Gasteiger partial charge in [0.1, 0.15) is 5.76 Å². The maximum Gasteiger partial charge on any atom is 0.230 e. The predicted octanol–water partition coefficient (Wildman–Crippen LogP) is 2.96. The molecule has 1 amide bonds. The fraction of sp³-hybridized carbons (Fsp3) is 0.615. The predicted molar refractivity (Wildman–Crippen MR) is 69.9 cm³/mol. The summed E-state index contributed by atoms with van der Waals surface area (Å²) < 4.78 is 5.16. The van der Waals surface area contributed by atoms with Gasteiger partial charge < -0.3 is 9.73 Å². The van der Waals surface area contributed by atoms with Crippen molar-refractivity contribution < 1.29 is 9.21 Å². The van der Waals surface area contributed by atoms with Crippen LogP contribution in [0.15, 0.2) is 22.8 Å². The highest BCUT2D eigenvalue weighted by Crippen LogP contribution is 2.27. The molecule has 0 spiro atoms. The molecule has 1 N–H and O–H groups in total. The van der Waals surface area contributed by atoms with E-state index in [4.69, 9.17) is 4.42 Å². The largest absolute Gasteiger partial charge is 0.467 e. The normalized spacial score (nSPS) is 16.9. The van der Waals surface area contributed by atoms with Gasteiger partial charge in [0.05, 0.1) is 18.6 Å². The molecule has 0 aliphatic heterocycles. The lowest BCUT2D eigenvalue weighted by Gasteiger charge is -2.20. The van der Waals surface area contributed by atoms with Crippen molar-refractivity contribution in [3.63, 3.8) is 0 Å². The van der Waals surface area contributed by atoms with E-state index in [2.05, 4.69) is 5.32 Å². The van der Waals surface area contributed by atoms with Gasteiger partial charge in [0.2, 0.25) is 5.91 Å². The van der Waals surface area contributed by atoms with Gasteiger partial charge in [-0.1, -0.05) is 19.3 Å². The van der Waals surface area contributed by atoms with Gasteiger partial charge in [0.25, 0.3) is 0 Å². The van der Waals surface area contributed by atoms with Crippen LogP contribution in [-0.2, 0) is 11.3 Å². The van der Waals surface area contributed by atoms with E-state index in [1.807, 2.05) is 12.1 Å². The first kappa shape index (κ1) is 12.6. The van der Waals surface area contributed by atoms with E-state index >= 15 is 0 Å². The molecule has 1 fully saturated rings. The zero-order chi connectivity index (χ0) is 11.9. The Morgan fingerprint density at radius 2 is 2.24 bits per heavy atom. The van der Waals surface area contributed by atoms with Crippen molar-refractivity contribution in [2.45, 2.75) is 43.9 Å². The van der Waals surface area contributed by atoms with Gasteiger partial charge in [0.15, 0.2) is 0 Å². The first-order valence-corrected chi connectivity index (χ1v) is 7.30. The van der Waals surface area contributed by atoms with Crippen LogP contribution in [0.3, 0.4) is 0 Å². The average Bonchev–Trinajstić information content (AvgIpc) is 2.88. The summed E-state index contributed by atoms with van der Waals surface area (Å²) in [6, 6.07) is 3.70. The summed E-state index contributed by atoms with van der Waals surface area (Å²) in [6.45, 7) is 0.497. The first-order valence-electron chi connectivity index (χ1n) is 6.25. The van der Waals surface area contributed by atoms with Gasteiger partial charge in [0, 0.05) is 5.25 Å². The minimum Gasteiger partial charge on any atom is -0.467 e. The monoisotopic (exact) mass is 253 g/mol. The number of rotatable bonds is 5. The number of amides is 1. The number of hydrogen-bond acceptors (Lipinski definition) is 3. The molecule has 17 heavy (non-hydrogen) atoms. The number of hydrogen-bond donors (Lipinski definition) is 1. The molecule has 0 unspecified atom stereocenters. The SMILES string of the molecule is O=C(CSC1CCCCC1)NCc1ccco1. The molecule has 0 radical (unpaired) electrons. The molecule has 0 bridgehead atoms. The van der Waals surface area contributed by atoms with Crippen molar-refractivity contribution in [3.05, 3.63) is 24.2 Å². The minimum atomic E-state index is 0.108.